The van der Waals surface area contributed by atoms with Crippen LogP contribution < -0.4 is 52.4 Å². The van der Waals surface area contributed by atoms with Gasteiger partial charge in [0.2, 0.25) is 13.4 Å². The zero-order valence-corrected chi connectivity index (χ0v) is 48.3. The quantitative estimate of drug-likeness (QED) is 0.111. The van der Waals surface area contributed by atoms with Crippen molar-refractivity contribution < 1.29 is 0 Å². The SMILES string of the molecule is Cc1ccc2c(c1)N(c1ccccc1)c1cc(N(c3ccccc3)c3ccccc3)cc3c1B2c1cc2c(C)cc4c5c(cc6c(C)cc-3c1c6c25)B1c2ccc(N(c3ccccc3)c3ccccc3)cc2N(c2ccccc2)c2cc(C)cc-4c21. The number of benzene rings is 14. The van der Waals surface area contributed by atoms with Crippen LogP contribution in [0.3, 0.4) is 0 Å². The van der Waals surface area contributed by atoms with E-state index in [1.54, 1.807) is 0 Å². The van der Waals surface area contributed by atoms with Crippen molar-refractivity contribution in [3.8, 4) is 22.3 Å². The van der Waals surface area contributed by atoms with E-state index in [1.807, 2.05) is 0 Å². The van der Waals surface area contributed by atoms with E-state index < -0.39 is 0 Å². The van der Waals surface area contributed by atoms with E-state index in [0.29, 0.717) is 0 Å². The zero-order valence-electron chi connectivity index (χ0n) is 48.3. The van der Waals surface area contributed by atoms with E-state index in [-0.39, 0.29) is 13.4 Å². The summed E-state index contributed by atoms with van der Waals surface area (Å²) in [6.07, 6.45) is 0. The minimum absolute atomic E-state index is 0.0274. The summed E-state index contributed by atoms with van der Waals surface area (Å²) in [7, 11) is 0. The maximum Gasteiger partial charge on any atom is 0.248 e. The van der Waals surface area contributed by atoms with Crippen molar-refractivity contribution in [1.29, 1.82) is 0 Å². The average Bonchev–Trinajstić information content (AvgIpc) is 0.677. The van der Waals surface area contributed by atoms with Gasteiger partial charge in [-0.25, -0.2) is 0 Å². The molecular weight excluding hydrogens is 1040 g/mol. The van der Waals surface area contributed by atoms with E-state index in [2.05, 4.69) is 314 Å². The molecule has 86 heavy (non-hydrogen) atoms. The van der Waals surface area contributed by atoms with Gasteiger partial charge in [-0.15, -0.1) is 0 Å². The Morgan fingerprint density at radius 3 is 1.13 bits per heavy atom. The van der Waals surface area contributed by atoms with Crippen molar-refractivity contribution in [2.45, 2.75) is 27.7 Å². The number of hydrogen-bond donors (Lipinski definition) is 0. The molecule has 18 rings (SSSR count). The molecule has 4 nitrogen and oxygen atoms in total. The maximum atomic E-state index is 2.64. The lowest BCUT2D eigenvalue weighted by atomic mass is 9.31. The van der Waals surface area contributed by atoms with Crippen molar-refractivity contribution in [1.82, 2.24) is 0 Å². The summed E-state index contributed by atoms with van der Waals surface area (Å²) >= 11 is 0. The molecule has 14 aromatic carbocycles. The van der Waals surface area contributed by atoms with Crippen LogP contribution in [-0.4, -0.2) is 13.4 Å². The highest BCUT2D eigenvalue weighted by molar-refractivity contribution is 7.02. The second-order valence-electron chi connectivity index (χ2n) is 24.2. The second kappa shape index (κ2) is 18.5. The molecule has 14 aromatic rings. The van der Waals surface area contributed by atoms with Gasteiger partial charge in [-0.05, 0) is 236 Å². The third kappa shape index (κ3) is 6.95. The fourth-order valence-corrected chi connectivity index (χ4v) is 15.8. The maximum absolute atomic E-state index is 2.64. The standard InChI is InChI=1S/C80H56B2N4/c1-49-35-37-67-71(40-49)85(57-31-19-9-20-32-57)74-46-60(84(55-27-15-7-16-28-55)56-29-17-8-18-30-56)44-66-64-43-52(4)62-47-69-75-63(42-51(3)61-48-70(81(67)80(66)74)76(64)78(62)77(61)75)65-39-50(2)41-73-79(65)82(69)68-38-36-59(45-72(68)86(73)58-33-21-10-22-34-58)83(53-23-11-5-12-24-53)54-25-13-6-14-26-54/h5-48H,1-4H3. The average molecular weight is 1090 g/mol. The molecule has 0 fully saturated rings. The Labute approximate surface area is 502 Å². The lowest BCUT2D eigenvalue weighted by Gasteiger charge is -2.43. The largest absolute Gasteiger partial charge is 0.311 e. The van der Waals surface area contributed by atoms with Crippen molar-refractivity contribution in [2.75, 3.05) is 19.6 Å². The van der Waals surface area contributed by atoms with Gasteiger partial charge in [0.05, 0.1) is 0 Å². The molecule has 0 bridgehead atoms. The molecule has 0 N–H and O–H groups in total. The molecule has 4 aliphatic heterocycles. The first-order valence-corrected chi connectivity index (χ1v) is 30.2. The van der Waals surface area contributed by atoms with Crippen LogP contribution in [0.1, 0.15) is 22.3 Å². The predicted molar refractivity (Wildman–Crippen MR) is 368 cm³/mol. The fraction of sp³-hybridized carbons (Fsp3) is 0.0500. The Balaban J connectivity index is 0.945. The van der Waals surface area contributed by atoms with Crippen LogP contribution in [0, 0.1) is 27.7 Å². The van der Waals surface area contributed by atoms with Gasteiger partial charge in [0.15, 0.2) is 0 Å². The van der Waals surface area contributed by atoms with Gasteiger partial charge in [0, 0.05) is 68.2 Å². The summed E-state index contributed by atoms with van der Waals surface area (Å²) in [5.41, 5.74) is 32.3. The minimum Gasteiger partial charge on any atom is -0.311 e. The number of para-hydroxylation sites is 6. The van der Waals surface area contributed by atoms with Crippen LogP contribution >= 0.6 is 0 Å². The normalized spacial score (nSPS) is 13.0. The molecule has 0 aliphatic carbocycles. The second-order valence-corrected chi connectivity index (χ2v) is 24.2. The van der Waals surface area contributed by atoms with E-state index in [4.69, 9.17) is 0 Å². The number of aryl methyl sites for hydroxylation is 4. The van der Waals surface area contributed by atoms with Gasteiger partial charge < -0.3 is 19.6 Å². The van der Waals surface area contributed by atoms with E-state index in [9.17, 15) is 0 Å². The molecule has 0 aromatic heterocycles. The topological polar surface area (TPSA) is 13.0 Å². The summed E-state index contributed by atoms with van der Waals surface area (Å²) < 4.78 is 0. The molecule has 0 unspecified atom stereocenters. The Hall–Kier alpha value is -10.6. The molecule has 0 spiro atoms. The predicted octanol–water partition coefficient (Wildman–Crippen LogP) is 17.3. The first-order chi connectivity index (χ1) is 42.3. The summed E-state index contributed by atoms with van der Waals surface area (Å²) in [4.78, 5) is 9.96. The number of hydrogen-bond acceptors (Lipinski definition) is 4. The first-order valence-electron chi connectivity index (χ1n) is 30.2. The minimum atomic E-state index is -0.0370. The van der Waals surface area contributed by atoms with Crippen LogP contribution in [0.5, 0.6) is 0 Å². The van der Waals surface area contributed by atoms with E-state index in [0.717, 1.165) is 45.5 Å². The Kier molecular flexibility index (Phi) is 10.5. The molecular formula is C80H56B2N4. The highest BCUT2D eigenvalue weighted by Crippen LogP contribution is 2.52. The van der Waals surface area contributed by atoms with Gasteiger partial charge >= 0.3 is 0 Å². The lowest BCUT2D eigenvalue weighted by Crippen LogP contribution is -2.60. The third-order valence-corrected chi connectivity index (χ3v) is 19.2. The number of fused-ring (bicyclic) bond motifs is 8. The van der Waals surface area contributed by atoms with Crippen LogP contribution in [0.4, 0.5) is 68.2 Å². The summed E-state index contributed by atoms with van der Waals surface area (Å²) in [6, 6.07) is 100. The van der Waals surface area contributed by atoms with E-state index in [1.165, 1.54) is 132 Å². The van der Waals surface area contributed by atoms with Crippen LogP contribution in [0.25, 0.3) is 54.6 Å². The monoisotopic (exact) mass is 1090 g/mol. The molecule has 4 heterocycles. The molecule has 4 aliphatic rings. The Morgan fingerprint density at radius 2 is 0.651 bits per heavy atom. The molecule has 0 amide bonds. The number of nitrogens with zero attached hydrogens (tertiary/aromatic N) is 4. The van der Waals surface area contributed by atoms with Gasteiger partial charge in [0.25, 0.3) is 0 Å². The van der Waals surface area contributed by atoms with Crippen molar-refractivity contribution in [3.05, 3.63) is 289 Å². The molecule has 0 saturated carbocycles. The van der Waals surface area contributed by atoms with Crippen LogP contribution in [0.15, 0.2) is 267 Å². The molecule has 0 saturated heterocycles. The zero-order chi connectivity index (χ0) is 57.1. The van der Waals surface area contributed by atoms with Gasteiger partial charge in [-0.3, -0.25) is 0 Å². The van der Waals surface area contributed by atoms with Gasteiger partial charge in [-0.1, -0.05) is 169 Å². The van der Waals surface area contributed by atoms with Crippen molar-refractivity contribution in [2.24, 2.45) is 0 Å². The Morgan fingerprint density at radius 1 is 0.267 bits per heavy atom. The van der Waals surface area contributed by atoms with Crippen LogP contribution in [0.2, 0.25) is 0 Å². The van der Waals surface area contributed by atoms with Crippen molar-refractivity contribution >= 4 is 147 Å². The summed E-state index contributed by atoms with van der Waals surface area (Å²) in [6.45, 7) is 9.22. The fourth-order valence-electron chi connectivity index (χ4n) is 15.8. The highest BCUT2D eigenvalue weighted by atomic mass is 15.2. The van der Waals surface area contributed by atoms with Crippen LogP contribution in [-0.2, 0) is 0 Å². The Bertz CT molecular complexity index is 5030. The molecule has 402 valence electrons. The van der Waals surface area contributed by atoms with Gasteiger partial charge in [0.1, 0.15) is 0 Å². The van der Waals surface area contributed by atoms with E-state index >= 15 is 0 Å². The molecule has 6 heteroatoms. The number of rotatable bonds is 8. The van der Waals surface area contributed by atoms with Gasteiger partial charge in [-0.2, -0.15) is 0 Å². The highest BCUT2D eigenvalue weighted by Gasteiger charge is 2.46. The lowest BCUT2D eigenvalue weighted by molar-refractivity contribution is 1.25. The smallest absolute Gasteiger partial charge is 0.248 e. The molecule has 0 atom stereocenters. The number of anilines is 12. The summed E-state index contributed by atoms with van der Waals surface area (Å²) in [5.74, 6) is 0. The summed E-state index contributed by atoms with van der Waals surface area (Å²) in [5, 5.41) is 8.18. The molecule has 0 radical (unpaired) electrons. The first kappa shape index (κ1) is 48.9. The van der Waals surface area contributed by atoms with Crippen molar-refractivity contribution in [3.63, 3.8) is 0 Å². The third-order valence-electron chi connectivity index (χ3n) is 19.2.